The molecule has 0 aliphatic carbocycles. The first-order chi connectivity index (χ1) is 35.8. The molecule has 0 N–H and O–H groups in total. The molecule has 350 valence electrons. The number of aromatic nitrogens is 4. The van der Waals surface area contributed by atoms with Crippen molar-refractivity contribution in [3.8, 4) is 34.3 Å². The fourth-order valence-electron chi connectivity index (χ4n) is 10.4. The Balaban J connectivity index is 0.895. The van der Waals surface area contributed by atoms with Gasteiger partial charge in [-0.1, -0.05) is 131 Å². The molecule has 13 rings (SSSR count). The van der Waals surface area contributed by atoms with Crippen molar-refractivity contribution in [1.82, 2.24) is 19.3 Å². The second kappa shape index (κ2) is 17.7. The van der Waals surface area contributed by atoms with Gasteiger partial charge in [-0.05, 0) is 149 Å². The highest BCUT2D eigenvalue weighted by Gasteiger charge is 2.21. The minimum Gasteiger partial charge on any atom is -0.416 e. The molecule has 10 aromatic carbocycles. The number of benzene rings is 10. The smallest absolute Gasteiger partial charge is 0.248 e. The predicted molar refractivity (Wildman–Crippen MR) is 302 cm³/mol. The molecule has 0 atom stereocenters. The largest absolute Gasteiger partial charge is 0.416 e. The molecule has 7 nitrogen and oxygen atoms in total. The van der Waals surface area contributed by atoms with Crippen LogP contribution >= 0.6 is 0 Å². The molecule has 0 bridgehead atoms. The highest BCUT2D eigenvalue weighted by Crippen LogP contribution is 2.42. The number of fused-ring (bicyclic) bond motifs is 6. The van der Waals surface area contributed by atoms with Crippen LogP contribution in [0, 0.1) is 27.7 Å². The normalized spacial score (nSPS) is 11.6. The van der Waals surface area contributed by atoms with Gasteiger partial charge in [-0.15, -0.1) is 10.2 Å². The van der Waals surface area contributed by atoms with E-state index in [-0.39, 0.29) is 0 Å². The summed E-state index contributed by atoms with van der Waals surface area (Å²) in [6.45, 7) is 8.50. The van der Waals surface area contributed by atoms with Crippen LogP contribution in [0.25, 0.3) is 77.9 Å². The molecule has 3 aromatic heterocycles. The number of hydrogen-bond donors (Lipinski definition) is 0. The van der Waals surface area contributed by atoms with Gasteiger partial charge in [0.25, 0.3) is 0 Å². The Morgan fingerprint density at radius 1 is 0.301 bits per heavy atom. The molecule has 0 aliphatic rings. The van der Waals surface area contributed by atoms with Gasteiger partial charge in [-0.25, -0.2) is 0 Å². The second-order valence-corrected chi connectivity index (χ2v) is 19.1. The van der Waals surface area contributed by atoms with Crippen LogP contribution in [-0.4, -0.2) is 19.3 Å². The second-order valence-electron chi connectivity index (χ2n) is 19.1. The summed E-state index contributed by atoms with van der Waals surface area (Å²) in [4.78, 5) is 4.64. The van der Waals surface area contributed by atoms with Crippen LogP contribution < -0.4 is 9.80 Å². The van der Waals surface area contributed by atoms with Gasteiger partial charge in [-0.3, -0.25) is 0 Å². The summed E-state index contributed by atoms with van der Waals surface area (Å²) in [5.41, 5.74) is 19.5. The number of nitrogens with zero attached hydrogens (tertiary/aromatic N) is 6. The molecule has 0 radical (unpaired) electrons. The zero-order valence-electron chi connectivity index (χ0n) is 41.0. The van der Waals surface area contributed by atoms with Crippen molar-refractivity contribution in [2.75, 3.05) is 9.80 Å². The van der Waals surface area contributed by atoms with Crippen LogP contribution in [0.15, 0.2) is 235 Å². The number of hydrogen-bond acceptors (Lipinski definition) is 5. The Kier molecular flexibility index (Phi) is 10.6. The van der Waals surface area contributed by atoms with E-state index in [4.69, 9.17) is 14.6 Å². The quantitative estimate of drug-likeness (QED) is 0.137. The first kappa shape index (κ1) is 43.6. The average molecular weight is 943 g/mol. The molecule has 0 saturated heterocycles. The predicted octanol–water partition coefficient (Wildman–Crippen LogP) is 17.8. The van der Waals surface area contributed by atoms with Crippen molar-refractivity contribution in [3.05, 3.63) is 253 Å². The van der Waals surface area contributed by atoms with Gasteiger partial charge in [0, 0.05) is 78.2 Å². The first-order valence-electron chi connectivity index (χ1n) is 24.8. The molecule has 3 heterocycles. The Hall–Kier alpha value is -9.46. The monoisotopic (exact) mass is 942 g/mol. The summed E-state index contributed by atoms with van der Waals surface area (Å²) in [6, 6.07) is 82.6. The zero-order chi connectivity index (χ0) is 49.2. The number of rotatable bonds is 10. The van der Waals surface area contributed by atoms with Crippen molar-refractivity contribution in [2.45, 2.75) is 27.7 Å². The number of anilines is 6. The molecule has 0 fully saturated rings. The van der Waals surface area contributed by atoms with Crippen LogP contribution in [0.3, 0.4) is 0 Å². The zero-order valence-corrected chi connectivity index (χ0v) is 41.0. The lowest BCUT2D eigenvalue weighted by atomic mass is 10.1. The number of aryl methyl sites for hydroxylation is 4. The van der Waals surface area contributed by atoms with E-state index in [2.05, 4.69) is 277 Å². The van der Waals surface area contributed by atoms with Gasteiger partial charge in [0.15, 0.2) is 0 Å². The van der Waals surface area contributed by atoms with Crippen LogP contribution in [0.5, 0.6) is 0 Å². The van der Waals surface area contributed by atoms with Crippen molar-refractivity contribution in [2.24, 2.45) is 0 Å². The lowest BCUT2D eigenvalue weighted by Crippen LogP contribution is -2.10. The van der Waals surface area contributed by atoms with E-state index in [0.717, 1.165) is 89.5 Å². The van der Waals surface area contributed by atoms with E-state index in [1.165, 1.54) is 33.0 Å². The highest BCUT2D eigenvalue weighted by atomic mass is 16.4. The van der Waals surface area contributed by atoms with E-state index in [1.54, 1.807) is 0 Å². The summed E-state index contributed by atoms with van der Waals surface area (Å²) in [6.07, 6.45) is 0. The standard InChI is InChI=1S/C66H50N6O/c1-43-19-29-49(30-20-43)69(50-31-21-44(2)22-32-50)53-11-9-13-55(41-53)71-61-17-7-5-15-57(61)59-37-27-47(39-63(59)71)65-67-68-66(73-65)48-28-38-60-58-16-6-8-18-62(58)72(64(60)40-48)56-14-10-12-54(42-56)70(51-33-23-45(3)24-34-51)52-35-25-46(4)26-36-52/h5-42H,1-4H3. The molecule has 0 aliphatic heterocycles. The summed E-state index contributed by atoms with van der Waals surface area (Å²) < 4.78 is 11.4. The molecular weight excluding hydrogens is 893 g/mol. The van der Waals surface area contributed by atoms with Crippen LogP contribution in [0.1, 0.15) is 22.3 Å². The maximum Gasteiger partial charge on any atom is 0.248 e. The van der Waals surface area contributed by atoms with Crippen molar-refractivity contribution in [3.63, 3.8) is 0 Å². The Labute approximate surface area is 424 Å². The van der Waals surface area contributed by atoms with Crippen LogP contribution in [0.2, 0.25) is 0 Å². The fourth-order valence-corrected chi connectivity index (χ4v) is 10.4. The Bertz CT molecular complexity index is 3820. The molecule has 7 heteroatoms. The van der Waals surface area contributed by atoms with E-state index < -0.39 is 0 Å². The maximum atomic E-state index is 6.67. The van der Waals surface area contributed by atoms with Crippen molar-refractivity contribution < 1.29 is 4.42 Å². The third kappa shape index (κ3) is 7.79. The van der Waals surface area contributed by atoms with Gasteiger partial charge < -0.3 is 23.4 Å². The molecule has 13 aromatic rings. The highest BCUT2D eigenvalue weighted by molar-refractivity contribution is 6.11. The topological polar surface area (TPSA) is 55.3 Å². The molecular formula is C66H50N6O. The van der Waals surface area contributed by atoms with E-state index >= 15 is 0 Å². The van der Waals surface area contributed by atoms with Gasteiger partial charge >= 0.3 is 0 Å². The summed E-state index contributed by atoms with van der Waals surface area (Å²) in [5, 5.41) is 14.0. The SMILES string of the molecule is Cc1ccc(N(c2ccc(C)cc2)c2cccc(-n3c4ccccc4c4ccc(-c5nnc(-c6ccc7c8ccccc8n(-c8cccc(N(c9ccc(C)cc9)c9ccc(C)cc9)c8)c7c6)o5)cc43)c2)cc1. The molecule has 73 heavy (non-hydrogen) atoms. The Morgan fingerprint density at radius 2 is 0.644 bits per heavy atom. The van der Waals surface area contributed by atoms with Gasteiger partial charge in [0.2, 0.25) is 11.8 Å². The van der Waals surface area contributed by atoms with E-state index in [0.29, 0.717) is 11.8 Å². The van der Waals surface area contributed by atoms with Crippen LogP contribution in [-0.2, 0) is 0 Å². The average Bonchev–Trinajstić information content (AvgIpc) is 4.14. The lowest BCUT2D eigenvalue weighted by molar-refractivity contribution is 0.584. The van der Waals surface area contributed by atoms with Gasteiger partial charge in [0.05, 0.1) is 22.1 Å². The molecule has 0 amide bonds. The summed E-state index contributed by atoms with van der Waals surface area (Å²) in [7, 11) is 0. The first-order valence-corrected chi connectivity index (χ1v) is 24.8. The number of para-hydroxylation sites is 2. The van der Waals surface area contributed by atoms with E-state index in [9.17, 15) is 0 Å². The fraction of sp³-hybridized carbons (Fsp3) is 0.0606. The van der Waals surface area contributed by atoms with Crippen molar-refractivity contribution in [1.29, 1.82) is 0 Å². The molecule has 0 spiro atoms. The third-order valence-electron chi connectivity index (χ3n) is 14.1. The summed E-state index contributed by atoms with van der Waals surface area (Å²) >= 11 is 0. The van der Waals surface area contributed by atoms with Gasteiger partial charge in [-0.2, -0.15) is 0 Å². The third-order valence-corrected chi connectivity index (χ3v) is 14.1. The molecule has 0 unspecified atom stereocenters. The van der Waals surface area contributed by atoms with Gasteiger partial charge in [0.1, 0.15) is 0 Å². The minimum absolute atomic E-state index is 0.452. The summed E-state index contributed by atoms with van der Waals surface area (Å²) in [5.74, 6) is 0.904. The van der Waals surface area contributed by atoms with E-state index in [1.807, 2.05) is 0 Å². The lowest BCUT2D eigenvalue weighted by Gasteiger charge is -2.26. The van der Waals surface area contributed by atoms with Crippen molar-refractivity contribution >= 4 is 77.7 Å². The molecule has 0 saturated carbocycles. The van der Waals surface area contributed by atoms with Crippen LogP contribution in [0.4, 0.5) is 34.1 Å². The minimum atomic E-state index is 0.452. The maximum absolute atomic E-state index is 6.67. The Morgan fingerprint density at radius 3 is 1.01 bits per heavy atom.